The van der Waals surface area contributed by atoms with Crippen molar-refractivity contribution in [2.24, 2.45) is 5.92 Å². The number of ether oxygens (including phenoxy) is 1. The Bertz CT molecular complexity index is 1220. The van der Waals surface area contributed by atoms with Gasteiger partial charge >= 0.3 is 0 Å². The number of carbonyl (C=O) groups excluding carboxylic acids is 2. The van der Waals surface area contributed by atoms with Gasteiger partial charge in [0, 0.05) is 24.7 Å². The standard InChI is InChI=1S/C28H35N3O4/c1-18(2)35-21-11-9-20(10-12-21)16-31-26(32)24-15-25-23(13-14-34-25)30(24)17-28(31,4)27(33)29-22-8-6-5-7-19(22)3/h9-15,18-19,22H,5-8,16-17H2,1-4H3,(H,29,33)/t19-,22-,28+/m0/s1. The van der Waals surface area contributed by atoms with E-state index in [-0.39, 0.29) is 24.0 Å². The second-order valence-electron chi connectivity index (χ2n) is 10.6. The number of nitrogens with one attached hydrogen (secondary N) is 1. The lowest BCUT2D eigenvalue weighted by molar-refractivity contribution is -0.134. The Balaban J connectivity index is 1.48. The van der Waals surface area contributed by atoms with Crippen LogP contribution in [-0.4, -0.2) is 39.0 Å². The molecule has 7 heteroatoms. The highest BCUT2D eigenvalue weighted by Gasteiger charge is 2.48. The first kappa shape index (κ1) is 23.5. The van der Waals surface area contributed by atoms with Crippen molar-refractivity contribution in [2.75, 3.05) is 0 Å². The molecule has 3 aromatic rings. The first-order valence-corrected chi connectivity index (χ1v) is 12.7. The zero-order valence-electron chi connectivity index (χ0n) is 21.0. The maximum Gasteiger partial charge on any atom is 0.271 e. The predicted molar refractivity (Wildman–Crippen MR) is 134 cm³/mol. The average Bonchev–Trinajstić information content (AvgIpc) is 3.41. The Morgan fingerprint density at radius 1 is 1.20 bits per heavy atom. The van der Waals surface area contributed by atoms with Crippen molar-refractivity contribution in [3.05, 3.63) is 53.9 Å². The Morgan fingerprint density at radius 2 is 1.94 bits per heavy atom. The number of hydrogen-bond donors (Lipinski definition) is 1. The van der Waals surface area contributed by atoms with E-state index in [1.165, 1.54) is 6.42 Å². The lowest BCUT2D eigenvalue weighted by Crippen LogP contribution is -2.65. The van der Waals surface area contributed by atoms with E-state index in [2.05, 4.69) is 12.2 Å². The third-order valence-corrected chi connectivity index (χ3v) is 7.60. The van der Waals surface area contributed by atoms with Gasteiger partial charge in [-0.3, -0.25) is 9.59 Å². The normalized spacial score (nSPS) is 24.6. The van der Waals surface area contributed by atoms with Crippen molar-refractivity contribution in [1.82, 2.24) is 14.8 Å². The molecule has 1 aliphatic heterocycles. The first-order valence-electron chi connectivity index (χ1n) is 12.7. The summed E-state index contributed by atoms with van der Waals surface area (Å²) in [5.74, 6) is 0.954. The fourth-order valence-corrected chi connectivity index (χ4v) is 5.50. The van der Waals surface area contributed by atoms with Crippen LogP contribution in [0.25, 0.3) is 11.1 Å². The van der Waals surface area contributed by atoms with Gasteiger partial charge in [-0.1, -0.05) is 31.9 Å². The molecule has 3 atom stereocenters. The largest absolute Gasteiger partial charge is 0.491 e. The van der Waals surface area contributed by atoms with Gasteiger partial charge in [0.15, 0.2) is 5.58 Å². The van der Waals surface area contributed by atoms with Crippen molar-refractivity contribution >= 4 is 22.9 Å². The number of furan rings is 1. The van der Waals surface area contributed by atoms with Crippen LogP contribution in [0, 0.1) is 5.92 Å². The van der Waals surface area contributed by atoms with E-state index < -0.39 is 5.54 Å². The number of amides is 2. The molecule has 0 radical (unpaired) electrons. The van der Waals surface area contributed by atoms with Gasteiger partial charge in [-0.2, -0.15) is 0 Å². The Kier molecular flexibility index (Phi) is 6.11. The highest BCUT2D eigenvalue weighted by Crippen LogP contribution is 2.35. The topological polar surface area (TPSA) is 76.7 Å². The third-order valence-electron chi connectivity index (χ3n) is 7.60. The summed E-state index contributed by atoms with van der Waals surface area (Å²) in [6.07, 6.45) is 6.14. The monoisotopic (exact) mass is 477 g/mol. The lowest BCUT2D eigenvalue weighted by atomic mass is 9.85. The molecular formula is C28H35N3O4. The number of rotatable bonds is 6. The summed E-state index contributed by atoms with van der Waals surface area (Å²) in [6, 6.07) is 11.5. The SMILES string of the molecule is CC(C)Oc1ccc(CN2C(=O)c3cc4occc4n3C[C@]2(C)C(=O)N[C@H]2CCCC[C@@H]2C)cc1. The second-order valence-corrected chi connectivity index (χ2v) is 10.6. The Hall–Kier alpha value is -3.22. The van der Waals surface area contributed by atoms with Gasteiger partial charge in [0.1, 0.15) is 17.0 Å². The fourth-order valence-electron chi connectivity index (χ4n) is 5.50. The molecule has 2 aliphatic rings. The highest BCUT2D eigenvalue weighted by molar-refractivity contribution is 6.02. The van der Waals surface area contributed by atoms with Crippen LogP contribution in [0.2, 0.25) is 0 Å². The summed E-state index contributed by atoms with van der Waals surface area (Å²) in [6.45, 7) is 8.77. The smallest absolute Gasteiger partial charge is 0.271 e. The van der Waals surface area contributed by atoms with Gasteiger partial charge in [0.25, 0.3) is 5.91 Å². The number of benzene rings is 1. The molecule has 1 fully saturated rings. The van der Waals surface area contributed by atoms with Gasteiger partial charge in [-0.25, -0.2) is 0 Å². The average molecular weight is 478 g/mol. The molecule has 1 saturated carbocycles. The number of hydrogen-bond acceptors (Lipinski definition) is 4. The maximum atomic E-state index is 13.9. The van der Waals surface area contributed by atoms with E-state index in [0.717, 1.165) is 36.1 Å². The Morgan fingerprint density at radius 3 is 2.66 bits per heavy atom. The van der Waals surface area contributed by atoms with E-state index >= 15 is 0 Å². The summed E-state index contributed by atoms with van der Waals surface area (Å²) >= 11 is 0. The molecule has 35 heavy (non-hydrogen) atoms. The van der Waals surface area contributed by atoms with Crippen LogP contribution < -0.4 is 10.1 Å². The molecule has 0 saturated heterocycles. The lowest BCUT2D eigenvalue weighted by Gasteiger charge is -2.45. The van der Waals surface area contributed by atoms with Crippen LogP contribution >= 0.6 is 0 Å². The van der Waals surface area contributed by atoms with E-state index in [1.807, 2.05) is 55.7 Å². The minimum atomic E-state index is -1.04. The van der Waals surface area contributed by atoms with Crippen LogP contribution in [-0.2, 0) is 17.9 Å². The van der Waals surface area contributed by atoms with E-state index in [0.29, 0.717) is 30.3 Å². The zero-order chi connectivity index (χ0) is 24.7. The van der Waals surface area contributed by atoms with Gasteiger partial charge in [-0.05, 0) is 57.2 Å². The number of nitrogens with zero attached hydrogens (tertiary/aromatic N) is 2. The van der Waals surface area contributed by atoms with Crippen molar-refractivity contribution in [2.45, 2.75) is 84.2 Å². The first-order chi connectivity index (χ1) is 16.8. The van der Waals surface area contributed by atoms with E-state index in [4.69, 9.17) is 9.15 Å². The minimum Gasteiger partial charge on any atom is -0.491 e. The molecule has 5 rings (SSSR count). The van der Waals surface area contributed by atoms with E-state index in [1.54, 1.807) is 17.2 Å². The van der Waals surface area contributed by atoms with Crippen molar-refractivity contribution in [3.8, 4) is 5.75 Å². The molecule has 0 bridgehead atoms. The number of fused-ring (bicyclic) bond motifs is 3. The second kappa shape index (κ2) is 9.10. The maximum absolute atomic E-state index is 13.9. The highest BCUT2D eigenvalue weighted by atomic mass is 16.5. The molecule has 1 aliphatic carbocycles. The summed E-state index contributed by atoms with van der Waals surface area (Å²) in [4.78, 5) is 29.5. The number of aromatic nitrogens is 1. The van der Waals surface area contributed by atoms with Crippen LogP contribution in [0.15, 0.2) is 47.1 Å². The van der Waals surface area contributed by atoms with Crippen LogP contribution in [0.5, 0.6) is 5.75 Å². The Labute approximate surface area is 206 Å². The van der Waals surface area contributed by atoms with Crippen LogP contribution in [0.1, 0.15) is 69.4 Å². The van der Waals surface area contributed by atoms with Gasteiger partial charge in [-0.15, -0.1) is 0 Å². The van der Waals surface area contributed by atoms with Gasteiger partial charge in [0.2, 0.25) is 5.91 Å². The molecule has 7 nitrogen and oxygen atoms in total. The van der Waals surface area contributed by atoms with Crippen LogP contribution in [0.4, 0.5) is 0 Å². The van der Waals surface area contributed by atoms with E-state index in [9.17, 15) is 9.59 Å². The van der Waals surface area contributed by atoms with Crippen molar-refractivity contribution < 1.29 is 18.7 Å². The van der Waals surface area contributed by atoms with Gasteiger partial charge < -0.3 is 23.9 Å². The molecular weight excluding hydrogens is 442 g/mol. The molecule has 3 heterocycles. The van der Waals surface area contributed by atoms with Crippen LogP contribution in [0.3, 0.4) is 0 Å². The third kappa shape index (κ3) is 4.32. The van der Waals surface area contributed by atoms with Crippen molar-refractivity contribution in [3.63, 3.8) is 0 Å². The predicted octanol–water partition coefficient (Wildman–Crippen LogP) is 5.13. The molecule has 0 unspecified atom stereocenters. The number of carbonyl (C=O) groups is 2. The molecule has 0 spiro atoms. The summed E-state index contributed by atoms with van der Waals surface area (Å²) in [5.41, 5.74) is 1.96. The minimum absolute atomic E-state index is 0.0877. The quantitative estimate of drug-likeness (QED) is 0.534. The fraction of sp³-hybridized carbons (Fsp3) is 0.500. The zero-order valence-corrected chi connectivity index (χ0v) is 21.0. The summed E-state index contributed by atoms with van der Waals surface area (Å²) in [7, 11) is 0. The molecule has 2 aromatic heterocycles. The molecule has 1 N–H and O–H groups in total. The molecule has 186 valence electrons. The molecule has 1 aromatic carbocycles. The summed E-state index contributed by atoms with van der Waals surface area (Å²) in [5, 5.41) is 3.32. The summed E-state index contributed by atoms with van der Waals surface area (Å²) < 4.78 is 13.3. The van der Waals surface area contributed by atoms with Crippen molar-refractivity contribution in [1.29, 1.82) is 0 Å². The molecule has 2 amide bonds. The van der Waals surface area contributed by atoms with Gasteiger partial charge in [0.05, 0.1) is 24.4 Å².